The third-order valence-corrected chi connectivity index (χ3v) is 2.08. The van der Waals surface area contributed by atoms with Crippen LogP contribution in [0.25, 0.3) is 0 Å². The molecular weight excluding hydrogens is 224 g/mol. The highest BCUT2D eigenvalue weighted by molar-refractivity contribution is 5.84. The highest BCUT2D eigenvalue weighted by Gasteiger charge is 2.19. The number of nitrogens with one attached hydrogen (secondary N) is 1. The van der Waals surface area contributed by atoms with E-state index in [1.807, 2.05) is 19.0 Å². The summed E-state index contributed by atoms with van der Waals surface area (Å²) in [4.78, 5) is 24.5. The maximum atomic E-state index is 11.5. The van der Waals surface area contributed by atoms with Crippen molar-refractivity contribution in [2.75, 3.05) is 27.2 Å². The third kappa shape index (κ3) is 7.70. The van der Waals surface area contributed by atoms with Crippen molar-refractivity contribution in [1.82, 2.24) is 10.2 Å². The standard InChI is InChI=1S/C11H22N2O4/c1-8(14)11(16)17-9(2)10(15)12-6-5-7-13(3)4/h8-9,14H,5-7H2,1-4H3,(H,12,15). The van der Waals surface area contributed by atoms with Crippen molar-refractivity contribution in [3.63, 3.8) is 0 Å². The molecule has 100 valence electrons. The van der Waals surface area contributed by atoms with Crippen LogP contribution in [-0.2, 0) is 14.3 Å². The second-order valence-corrected chi connectivity index (χ2v) is 4.20. The van der Waals surface area contributed by atoms with Gasteiger partial charge in [0.2, 0.25) is 0 Å². The predicted octanol–water partition coefficient (Wildman–Crippen LogP) is -0.633. The van der Waals surface area contributed by atoms with Gasteiger partial charge in [-0.1, -0.05) is 0 Å². The lowest BCUT2D eigenvalue weighted by Crippen LogP contribution is -2.38. The topological polar surface area (TPSA) is 78.9 Å². The maximum Gasteiger partial charge on any atom is 0.335 e. The Morgan fingerprint density at radius 2 is 1.94 bits per heavy atom. The molecule has 6 heteroatoms. The van der Waals surface area contributed by atoms with Crippen LogP contribution in [-0.4, -0.2) is 61.3 Å². The molecule has 0 heterocycles. The Morgan fingerprint density at radius 3 is 2.41 bits per heavy atom. The van der Waals surface area contributed by atoms with Crippen molar-refractivity contribution < 1.29 is 19.4 Å². The fourth-order valence-electron chi connectivity index (χ4n) is 1.08. The molecule has 0 aliphatic carbocycles. The molecule has 2 N–H and O–H groups in total. The number of hydrogen-bond acceptors (Lipinski definition) is 5. The van der Waals surface area contributed by atoms with Crippen LogP contribution >= 0.6 is 0 Å². The number of aliphatic hydroxyl groups excluding tert-OH is 1. The van der Waals surface area contributed by atoms with Crippen molar-refractivity contribution in [3.8, 4) is 0 Å². The fraction of sp³-hybridized carbons (Fsp3) is 0.818. The summed E-state index contributed by atoms with van der Waals surface area (Å²) in [5.74, 6) is -1.14. The number of aliphatic hydroxyl groups is 1. The summed E-state index contributed by atoms with van der Waals surface area (Å²) in [5.41, 5.74) is 0. The van der Waals surface area contributed by atoms with E-state index in [1.165, 1.54) is 13.8 Å². The molecule has 0 aromatic carbocycles. The Morgan fingerprint density at radius 1 is 1.35 bits per heavy atom. The number of amides is 1. The van der Waals surface area contributed by atoms with Gasteiger partial charge < -0.3 is 20.1 Å². The zero-order valence-corrected chi connectivity index (χ0v) is 10.9. The lowest BCUT2D eigenvalue weighted by atomic mass is 10.3. The van der Waals surface area contributed by atoms with Crippen LogP contribution in [0.2, 0.25) is 0 Å². The van der Waals surface area contributed by atoms with E-state index in [0.29, 0.717) is 6.54 Å². The van der Waals surface area contributed by atoms with E-state index in [2.05, 4.69) is 5.32 Å². The summed E-state index contributed by atoms with van der Waals surface area (Å²) in [5, 5.41) is 11.6. The van der Waals surface area contributed by atoms with Gasteiger partial charge in [0.15, 0.2) is 6.10 Å². The number of carbonyl (C=O) groups is 2. The Labute approximate surface area is 102 Å². The van der Waals surface area contributed by atoms with Gasteiger partial charge in [0.1, 0.15) is 6.10 Å². The molecule has 0 aliphatic rings. The van der Waals surface area contributed by atoms with Gasteiger partial charge in [0.25, 0.3) is 5.91 Å². The largest absolute Gasteiger partial charge is 0.451 e. The van der Waals surface area contributed by atoms with Crippen LogP contribution in [0.5, 0.6) is 0 Å². The van der Waals surface area contributed by atoms with Crippen LogP contribution in [0.3, 0.4) is 0 Å². The van der Waals surface area contributed by atoms with Crippen LogP contribution in [0.15, 0.2) is 0 Å². The van der Waals surface area contributed by atoms with Gasteiger partial charge in [-0.2, -0.15) is 0 Å². The molecule has 1 amide bonds. The van der Waals surface area contributed by atoms with Gasteiger partial charge in [0.05, 0.1) is 0 Å². The molecule has 17 heavy (non-hydrogen) atoms. The summed E-state index contributed by atoms with van der Waals surface area (Å²) in [7, 11) is 3.91. The molecule has 2 unspecified atom stereocenters. The van der Waals surface area contributed by atoms with Crippen molar-refractivity contribution in [2.24, 2.45) is 0 Å². The van der Waals surface area contributed by atoms with Gasteiger partial charge in [-0.15, -0.1) is 0 Å². The highest BCUT2D eigenvalue weighted by Crippen LogP contribution is 1.95. The molecule has 0 rings (SSSR count). The van der Waals surface area contributed by atoms with Crippen LogP contribution in [0.1, 0.15) is 20.3 Å². The summed E-state index contributed by atoms with van der Waals surface area (Å²) in [6.07, 6.45) is -1.26. The van der Waals surface area contributed by atoms with Crippen molar-refractivity contribution in [2.45, 2.75) is 32.5 Å². The minimum Gasteiger partial charge on any atom is -0.451 e. The molecule has 0 saturated heterocycles. The molecule has 6 nitrogen and oxygen atoms in total. The number of hydrogen-bond donors (Lipinski definition) is 2. The first-order valence-electron chi connectivity index (χ1n) is 5.65. The van der Waals surface area contributed by atoms with E-state index in [-0.39, 0.29) is 5.91 Å². The average Bonchev–Trinajstić information content (AvgIpc) is 2.23. The van der Waals surface area contributed by atoms with Gasteiger partial charge in [-0.25, -0.2) is 4.79 Å². The van der Waals surface area contributed by atoms with Gasteiger partial charge in [-0.05, 0) is 40.9 Å². The van der Waals surface area contributed by atoms with E-state index in [4.69, 9.17) is 9.84 Å². The first-order chi connectivity index (χ1) is 7.84. The monoisotopic (exact) mass is 246 g/mol. The SMILES string of the molecule is CC(O)C(=O)OC(C)C(=O)NCCCN(C)C. The van der Waals surface area contributed by atoms with Crippen molar-refractivity contribution >= 4 is 11.9 Å². The third-order valence-electron chi connectivity index (χ3n) is 2.08. The van der Waals surface area contributed by atoms with Crippen LogP contribution < -0.4 is 5.32 Å². The maximum absolute atomic E-state index is 11.5. The summed E-state index contributed by atoms with van der Waals surface area (Å²) in [6.45, 7) is 4.18. The molecular formula is C11H22N2O4. The molecule has 0 bridgehead atoms. The second kappa shape index (κ2) is 8.03. The quantitative estimate of drug-likeness (QED) is 0.462. The Bertz CT molecular complexity index is 254. The highest BCUT2D eigenvalue weighted by atomic mass is 16.6. The smallest absolute Gasteiger partial charge is 0.335 e. The first kappa shape index (κ1) is 15.9. The average molecular weight is 246 g/mol. The number of ether oxygens (including phenoxy) is 1. The Balaban J connectivity index is 3.79. The zero-order chi connectivity index (χ0) is 13.4. The first-order valence-corrected chi connectivity index (χ1v) is 5.65. The number of rotatable bonds is 7. The van der Waals surface area contributed by atoms with Crippen molar-refractivity contribution in [1.29, 1.82) is 0 Å². The van der Waals surface area contributed by atoms with E-state index in [1.54, 1.807) is 0 Å². The lowest BCUT2D eigenvalue weighted by molar-refractivity contribution is -0.162. The molecule has 0 radical (unpaired) electrons. The molecule has 0 aromatic heterocycles. The van der Waals surface area contributed by atoms with E-state index in [9.17, 15) is 9.59 Å². The fourth-order valence-corrected chi connectivity index (χ4v) is 1.08. The Kier molecular flexibility index (Phi) is 7.49. The van der Waals surface area contributed by atoms with E-state index >= 15 is 0 Å². The predicted molar refractivity (Wildman–Crippen MR) is 63.4 cm³/mol. The molecule has 0 aromatic rings. The molecule has 2 atom stereocenters. The number of esters is 1. The number of nitrogens with zero attached hydrogens (tertiary/aromatic N) is 1. The summed E-state index contributed by atoms with van der Waals surface area (Å²) < 4.78 is 4.74. The van der Waals surface area contributed by atoms with Crippen molar-refractivity contribution in [3.05, 3.63) is 0 Å². The zero-order valence-electron chi connectivity index (χ0n) is 10.9. The molecule has 0 spiro atoms. The van der Waals surface area contributed by atoms with E-state index < -0.39 is 18.2 Å². The summed E-state index contributed by atoms with van der Waals surface area (Å²) in [6, 6.07) is 0. The van der Waals surface area contributed by atoms with Crippen LogP contribution in [0.4, 0.5) is 0 Å². The minimum atomic E-state index is -1.21. The van der Waals surface area contributed by atoms with E-state index in [0.717, 1.165) is 13.0 Å². The molecule has 0 saturated carbocycles. The normalized spacial score (nSPS) is 14.2. The lowest BCUT2D eigenvalue weighted by Gasteiger charge is -2.15. The van der Waals surface area contributed by atoms with Gasteiger partial charge >= 0.3 is 5.97 Å². The number of carbonyl (C=O) groups excluding carboxylic acids is 2. The van der Waals surface area contributed by atoms with Gasteiger partial charge in [0, 0.05) is 6.54 Å². The van der Waals surface area contributed by atoms with Crippen LogP contribution in [0, 0.1) is 0 Å². The van der Waals surface area contributed by atoms with Gasteiger partial charge in [-0.3, -0.25) is 4.79 Å². The summed E-state index contributed by atoms with van der Waals surface area (Å²) >= 11 is 0. The second-order valence-electron chi connectivity index (χ2n) is 4.20. The molecule has 0 fully saturated rings. The minimum absolute atomic E-state index is 0.349. The molecule has 0 aliphatic heterocycles. The Hall–Kier alpha value is -1.14.